The molecule has 1 saturated heterocycles. The van der Waals surface area contributed by atoms with Gasteiger partial charge in [0.05, 0.1) is 34.3 Å². The van der Waals surface area contributed by atoms with Gasteiger partial charge in [0.25, 0.3) is 0 Å². The Hall–Kier alpha value is -3.54. The van der Waals surface area contributed by atoms with Crippen molar-refractivity contribution in [2.75, 3.05) is 4.90 Å². The molecule has 154 valence electrons. The van der Waals surface area contributed by atoms with Gasteiger partial charge in [-0.1, -0.05) is 30.3 Å². The summed E-state index contributed by atoms with van der Waals surface area (Å²) in [5.74, 6) is -0.721. The van der Waals surface area contributed by atoms with Crippen molar-refractivity contribution in [3.8, 4) is 11.3 Å². The average molecular weight is 412 g/mol. The number of hydrogen-bond donors (Lipinski definition) is 1. The van der Waals surface area contributed by atoms with Gasteiger partial charge in [0.2, 0.25) is 11.8 Å². The molecule has 1 aliphatic heterocycles. The number of amides is 2. The fraction of sp³-hybridized carbons (Fsp3) is 0.280. The van der Waals surface area contributed by atoms with Crippen LogP contribution in [0.15, 0.2) is 54.6 Å². The lowest BCUT2D eigenvalue weighted by molar-refractivity contribution is -0.123. The first kappa shape index (κ1) is 18.2. The second-order valence-electron chi connectivity index (χ2n) is 8.82. The van der Waals surface area contributed by atoms with Crippen molar-refractivity contribution in [3.63, 3.8) is 0 Å². The van der Waals surface area contributed by atoms with E-state index in [1.165, 1.54) is 4.90 Å². The Balaban J connectivity index is 1.36. The molecule has 0 spiro atoms. The summed E-state index contributed by atoms with van der Waals surface area (Å²) in [6.45, 7) is 0. The third kappa shape index (κ3) is 2.57. The van der Waals surface area contributed by atoms with E-state index in [0.717, 1.165) is 24.8 Å². The molecule has 0 unspecified atom stereocenters. The maximum Gasteiger partial charge on any atom is 0.336 e. The lowest BCUT2D eigenvalue weighted by Crippen LogP contribution is -2.32. The van der Waals surface area contributed by atoms with Crippen molar-refractivity contribution < 1.29 is 19.5 Å². The maximum atomic E-state index is 13.0. The SMILES string of the molecule is O=C(O)c1cc(-c2ccc(N3C(=O)[C@@H]4[C@H]5CC[C@@H](C5)[C@H]4C3=O)cc2)nc2ccccc12. The summed E-state index contributed by atoms with van der Waals surface area (Å²) in [6, 6.07) is 15.8. The van der Waals surface area contributed by atoms with Gasteiger partial charge < -0.3 is 5.11 Å². The minimum absolute atomic E-state index is 0.0630. The normalized spacial score (nSPS) is 26.6. The summed E-state index contributed by atoms with van der Waals surface area (Å²) in [5.41, 5.74) is 2.65. The topological polar surface area (TPSA) is 87.6 Å². The quantitative estimate of drug-likeness (QED) is 0.654. The first-order valence-electron chi connectivity index (χ1n) is 10.6. The molecule has 3 aromatic rings. The van der Waals surface area contributed by atoms with E-state index in [0.29, 0.717) is 34.1 Å². The predicted molar refractivity (Wildman–Crippen MR) is 114 cm³/mol. The zero-order valence-electron chi connectivity index (χ0n) is 16.7. The van der Waals surface area contributed by atoms with E-state index < -0.39 is 5.97 Å². The van der Waals surface area contributed by atoms with Crippen LogP contribution in [-0.4, -0.2) is 27.9 Å². The molecule has 1 aromatic heterocycles. The molecule has 2 bridgehead atoms. The van der Waals surface area contributed by atoms with Crippen LogP contribution in [0, 0.1) is 23.7 Å². The van der Waals surface area contributed by atoms with Gasteiger partial charge in [-0.25, -0.2) is 9.78 Å². The molecule has 6 nitrogen and oxygen atoms in total. The summed E-state index contributed by atoms with van der Waals surface area (Å²) in [6.07, 6.45) is 3.12. The van der Waals surface area contributed by atoms with Gasteiger partial charge in [-0.3, -0.25) is 14.5 Å². The second-order valence-corrected chi connectivity index (χ2v) is 8.82. The number of carbonyl (C=O) groups is 3. The van der Waals surface area contributed by atoms with Gasteiger partial charge in [-0.05, 0) is 55.4 Å². The van der Waals surface area contributed by atoms with Crippen LogP contribution in [0.5, 0.6) is 0 Å². The molecule has 2 heterocycles. The van der Waals surface area contributed by atoms with Crippen LogP contribution in [0.1, 0.15) is 29.6 Å². The number of hydrogen-bond acceptors (Lipinski definition) is 4. The second kappa shape index (κ2) is 6.48. The Morgan fingerprint density at radius 1 is 0.935 bits per heavy atom. The van der Waals surface area contributed by atoms with E-state index >= 15 is 0 Å². The molecule has 3 aliphatic rings. The summed E-state index contributed by atoms with van der Waals surface area (Å²) >= 11 is 0. The highest BCUT2D eigenvalue weighted by molar-refractivity contribution is 6.22. The number of fused-ring (bicyclic) bond motifs is 6. The highest BCUT2D eigenvalue weighted by Gasteiger charge is 2.61. The number of pyridine rings is 1. The lowest BCUT2D eigenvalue weighted by Gasteiger charge is -2.19. The summed E-state index contributed by atoms with van der Waals surface area (Å²) in [4.78, 5) is 43.8. The number of aromatic nitrogens is 1. The molecular weight excluding hydrogens is 392 g/mol. The van der Waals surface area contributed by atoms with Crippen LogP contribution >= 0.6 is 0 Å². The number of benzene rings is 2. The number of carbonyl (C=O) groups excluding carboxylic acids is 2. The van der Waals surface area contributed by atoms with Gasteiger partial charge in [0, 0.05) is 10.9 Å². The van der Waals surface area contributed by atoms with Gasteiger partial charge in [-0.15, -0.1) is 0 Å². The standard InChI is InChI=1S/C25H20N2O4/c28-23-21-14-5-6-15(11-14)22(21)24(29)27(23)16-9-7-13(8-10-16)20-12-18(25(30)31)17-3-1-2-4-19(17)26-20/h1-4,7-10,12,14-15,21-22H,5-6,11H2,(H,30,31)/t14-,15-,21+,22+/m0/s1. The third-order valence-electron chi connectivity index (χ3n) is 7.30. The smallest absolute Gasteiger partial charge is 0.336 e. The number of aromatic carboxylic acids is 1. The lowest BCUT2D eigenvalue weighted by atomic mass is 9.81. The number of nitrogens with zero attached hydrogens (tertiary/aromatic N) is 2. The first-order chi connectivity index (χ1) is 15.0. The Morgan fingerprint density at radius 2 is 1.58 bits per heavy atom. The van der Waals surface area contributed by atoms with Gasteiger partial charge in [-0.2, -0.15) is 0 Å². The maximum absolute atomic E-state index is 13.0. The largest absolute Gasteiger partial charge is 0.478 e. The Bertz CT molecular complexity index is 1240. The highest BCUT2D eigenvalue weighted by atomic mass is 16.4. The van der Waals surface area contributed by atoms with E-state index in [4.69, 9.17) is 0 Å². The summed E-state index contributed by atoms with van der Waals surface area (Å²) < 4.78 is 0. The van der Waals surface area contributed by atoms with Gasteiger partial charge in [0.15, 0.2) is 0 Å². The van der Waals surface area contributed by atoms with E-state index in [2.05, 4.69) is 4.98 Å². The van der Waals surface area contributed by atoms with Crippen LogP contribution < -0.4 is 4.90 Å². The molecule has 2 aromatic carbocycles. The van der Waals surface area contributed by atoms with Crippen LogP contribution in [0.2, 0.25) is 0 Å². The predicted octanol–water partition coefficient (Wildman–Crippen LogP) is 4.14. The Labute approximate surface area is 178 Å². The number of rotatable bonds is 3. The number of imide groups is 1. The van der Waals surface area contributed by atoms with Crippen LogP contribution in [0.25, 0.3) is 22.2 Å². The van der Waals surface area contributed by atoms with E-state index in [9.17, 15) is 19.5 Å². The number of anilines is 1. The third-order valence-corrected chi connectivity index (χ3v) is 7.30. The Morgan fingerprint density at radius 3 is 2.23 bits per heavy atom. The first-order valence-corrected chi connectivity index (χ1v) is 10.6. The van der Waals surface area contributed by atoms with Crippen LogP contribution in [0.3, 0.4) is 0 Å². The molecule has 31 heavy (non-hydrogen) atoms. The van der Waals surface area contributed by atoms with Crippen molar-refractivity contribution in [2.45, 2.75) is 19.3 Å². The summed E-state index contributed by atoms with van der Waals surface area (Å²) in [5, 5.41) is 10.2. The zero-order chi connectivity index (χ0) is 21.3. The van der Waals surface area contributed by atoms with Gasteiger partial charge in [0.1, 0.15) is 0 Å². The van der Waals surface area contributed by atoms with Crippen LogP contribution in [-0.2, 0) is 9.59 Å². The fourth-order valence-corrected chi connectivity index (χ4v) is 5.94. The van der Waals surface area contributed by atoms with Crippen molar-refractivity contribution >= 4 is 34.4 Å². The van der Waals surface area contributed by atoms with E-state index in [1.807, 2.05) is 6.07 Å². The molecule has 6 heteroatoms. The summed E-state index contributed by atoms with van der Waals surface area (Å²) in [7, 11) is 0. The number of para-hydroxylation sites is 1. The van der Waals surface area contributed by atoms with E-state index in [-0.39, 0.29) is 29.2 Å². The number of carboxylic acids is 1. The molecule has 0 radical (unpaired) electrons. The van der Waals surface area contributed by atoms with Gasteiger partial charge >= 0.3 is 5.97 Å². The Kier molecular flexibility index (Phi) is 3.81. The van der Waals surface area contributed by atoms with Crippen molar-refractivity contribution in [1.29, 1.82) is 0 Å². The van der Waals surface area contributed by atoms with Crippen molar-refractivity contribution in [3.05, 3.63) is 60.2 Å². The molecule has 2 amide bonds. The molecule has 6 rings (SSSR count). The minimum Gasteiger partial charge on any atom is -0.478 e. The monoisotopic (exact) mass is 412 g/mol. The molecule has 3 fully saturated rings. The van der Waals surface area contributed by atoms with Crippen molar-refractivity contribution in [2.24, 2.45) is 23.7 Å². The average Bonchev–Trinajstić information content (AvgIpc) is 3.47. The number of carboxylic acid groups (broad SMARTS) is 1. The zero-order valence-corrected chi connectivity index (χ0v) is 16.7. The molecular formula is C25H20N2O4. The fourth-order valence-electron chi connectivity index (χ4n) is 5.94. The molecule has 4 atom stereocenters. The van der Waals surface area contributed by atoms with E-state index in [1.54, 1.807) is 48.5 Å². The van der Waals surface area contributed by atoms with Crippen molar-refractivity contribution in [1.82, 2.24) is 4.98 Å². The molecule has 2 saturated carbocycles. The van der Waals surface area contributed by atoms with Crippen LogP contribution in [0.4, 0.5) is 5.69 Å². The minimum atomic E-state index is -1.01. The molecule has 2 aliphatic carbocycles. The highest BCUT2D eigenvalue weighted by Crippen LogP contribution is 2.56. The molecule has 1 N–H and O–H groups in total.